The zero-order valence-electron chi connectivity index (χ0n) is 14.0. The molecule has 8 heteroatoms. The van der Waals surface area contributed by atoms with Crippen LogP contribution in [0.25, 0.3) is 5.69 Å². The topological polar surface area (TPSA) is 93.6 Å². The van der Waals surface area contributed by atoms with Crippen molar-refractivity contribution in [1.29, 1.82) is 0 Å². The second kappa shape index (κ2) is 7.20. The van der Waals surface area contributed by atoms with E-state index in [0.29, 0.717) is 43.9 Å². The van der Waals surface area contributed by atoms with Gasteiger partial charge in [0, 0.05) is 13.1 Å². The quantitative estimate of drug-likeness (QED) is 0.866. The molecule has 0 bridgehead atoms. The molecule has 1 aromatic carbocycles. The molecular formula is C17H21FN4O3. The number of ether oxygens (including phenoxy) is 1. The van der Waals surface area contributed by atoms with E-state index in [1.54, 1.807) is 17.9 Å². The van der Waals surface area contributed by atoms with Crippen LogP contribution in [-0.2, 0) is 4.74 Å². The van der Waals surface area contributed by atoms with E-state index in [2.05, 4.69) is 5.10 Å². The number of benzene rings is 1. The van der Waals surface area contributed by atoms with E-state index < -0.39 is 0 Å². The van der Waals surface area contributed by atoms with Crippen LogP contribution in [0.3, 0.4) is 0 Å². The summed E-state index contributed by atoms with van der Waals surface area (Å²) < 4.78 is 20.2. The lowest BCUT2D eigenvalue weighted by molar-refractivity contribution is -0.0239. The zero-order valence-corrected chi connectivity index (χ0v) is 14.0. The summed E-state index contributed by atoms with van der Waals surface area (Å²) in [6.07, 6.45) is 1.91. The molecule has 3 N–H and O–H groups in total. The number of rotatable bonds is 4. The van der Waals surface area contributed by atoms with Gasteiger partial charge in [-0.1, -0.05) is 0 Å². The molecule has 1 amide bonds. The van der Waals surface area contributed by atoms with Crippen LogP contribution >= 0.6 is 0 Å². The van der Waals surface area contributed by atoms with Crippen LogP contribution in [0.4, 0.5) is 4.39 Å². The minimum absolute atomic E-state index is 0.0304. The molecule has 3 rings (SSSR count). The fourth-order valence-corrected chi connectivity index (χ4v) is 2.93. The van der Waals surface area contributed by atoms with Crippen LogP contribution in [0, 0.1) is 12.7 Å². The Hall–Kier alpha value is -2.45. The normalized spacial score (nSPS) is 17.7. The average Bonchev–Trinajstić information content (AvgIpc) is 2.96. The van der Waals surface area contributed by atoms with Gasteiger partial charge in [0.05, 0.1) is 24.6 Å². The molecule has 1 fully saturated rings. The predicted octanol–water partition coefficient (Wildman–Crippen LogP) is 1.22. The molecule has 2 heterocycles. The molecule has 1 atom stereocenters. The van der Waals surface area contributed by atoms with Gasteiger partial charge in [0.2, 0.25) is 0 Å². The van der Waals surface area contributed by atoms with Crippen molar-refractivity contribution in [3.63, 3.8) is 0 Å². The molecule has 0 radical (unpaired) electrons. The molecule has 1 aliphatic rings. The van der Waals surface area contributed by atoms with E-state index in [9.17, 15) is 14.3 Å². The minimum Gasteiger partial charge on any atom is -0.504 e. The zero-order chi connectivity index (χ0) is 18.0. The number of hydrogen-bond donors (Lipinski definition) is 2. The summed E-state index contributed by atoms with van der Waals surface area (Å²) >= 11 is 0. The Morgan fingerprint density at radius 1 is 1.52 bits per heavy atom. The molecule has 1 aliphatic heterocycles. The summed E-state index contributed by atoms with van der Waals surface area (Å²) in [5, 5.41) is 14.4. The van der Waals surface area contributed by atoms with Gasteiger partial charge in [0.15, 0.2) is 11.4 Å². The molecule has 1 aromatic heterocycles. The standard InChI is InChI=1S/C17H21FN4O3/c1-11-8-12(18)2-3-14(11)22-10-15(23)16(20-22)17(24)21-6-7-25-13(9-21)4-5-19/h2-3,8,10,13,23H,4-7,9,19H2,1H3. The smallest absolute Gasteiger partial charge is 0.278 e. The highest BCUT2D eigenvalue weighted by atomic mass is 19.1. The number of nitrogens with zero attached hydrogens (tertiary/aromatic N) is 3. The van der Waals surface area contributed by atoms with Crippen molar-refractivity contribution in [3.8, 4) is 11.4 Å². The van der Waals surface area contributed by atoms with Crippen molar-refractivity contribution in [1.82, 2.24) is 14.7 Å². The number of halogens is 1. The van der Waals surface area contributed by atoms with Crippen molar-refractivity contribution in [2.75, 3.05) is 26.2 Å². The van der Waals surface area contributed by atoms with E-state index >= 15 is 0 Å². The first kappa shape index (κ1) is 17.4. The summed E-state index contributed by atoms with van der Waals surface area (Å²) in [4.78, 5) is 14.3. The Morgan fingerprint density at radius 2 is 2.32 bits per heavy atom. The van der Waals surface area contributed by atoms with Crippen molar-refractivity contribution in [2.45, 2.75) is 19.4 Å². The molecule has 1 unspecified atom stereocenters. The number of amides is 1. The van der Waals surface area contributed by atoms with Gasteiger partial charge in [0.25, 0.3) is 5.91 Å². The van der Waals surface area contributed by atoms with Crippen LogP contribution in [0.1, 0.15) is 22.5 Å². The van der Waals surface area contributed by atoms with E-state index in [0.717, 1.165) is 0 Å². The Bertz CT molecular complexity index is 775. The van der Waals surface area contributed by atoms with Crippen molar-refractivity contribution < 1.29 is 19.0 Å². The number of nitrogens with two attached hydrogens (primary N) is 1. The van der Waals surface area contributed by atoms with Gasteiger partial charge in [-0.3, -0.25) is 4.79 Å². The summed E-state index contributed by atoms with van der Waals surface area (Å²) in [6, 6.07) is 4.23. The molecule has 0 saturated carbocycles. The monoisotopic (exact) mass is 348 g/mol. The van der Waals surface area contributed by atoms with Crippen LogP contribution in [0.15, 0.2) is 24.4 Å². The molecule has 0 spiro atoms. The van der Waals surface area contributed by atoms with Crippen molar-refractivity contribution >= 4 is 5.91 Å². The highest BCUT2D eigenvalue weighted by Gasteiger charge is 2.28. The van der Waals surface area contributed by atoms with Crippen LogP contribution in [-0.4, -0.2) is 58.0 Å². The number of aromatic nitrogens is 2. The summed E-state index contributed by atoms with van der Waals surface area (Å²) in [7, 11) is 0. The van der Waals surface area contributed by atoms with Gasteiger partial charge >= 0.3 is 0 Å². The average molecular weight is 348 g/mol. The maximum absolute atomic E-state index is 13.3. The Labute approximate surface area is 144 Å². The fraction of sp³-hybridized carbons (Fsp3) is 0.412. The molecule has 2 aromatic rings. The fourth-order valence-electron chi connectivity index (χ4n) is 2.93. The minimum atomic E-state index is -0.360. The predicted molar refractivity (Wildman–Crippen MR) is 89.2 cm³/mol. The van der Waals surface area contributed by atoms with Gasteiger partial charge in [-0.25, -0.2) is 9.07 Å². The number of aromatic hydroxyl groups is 1. The first-order valence-electron chi connectivity index (χ1n) is 8.15. The van der Waals surface area contributed by atoms with Crippen molar-refractivity contribution in [3.05, 3.63) is 41.5 Å². The Morgan fingerprint density at radius 3 is 3.04 bits per heavy atom. The summed E-state index contributed by atoms with van der Waals surface area (Å²) in [5.74, 6) is -0.926. The number of carbonyl (C=O) groups is 1. The SMILES string of the molecule is Cc1cc(F)ccc1-n1cc(O)c(C(=O)N2CCOC(CCN)C2)n1. The lowest BCUT2D eigenvalue weighted by Gasteiger charge is -2.32. The van der Waals surface area contributed by atoms with Crippen LogP contribution in [0.5, 0.6) is 5.75 Å². The number of hydrogen-bond acceptors (Lipinski definition) is 5. The summed E-state index contributed by atoms with van der Waals surface area (Å²) in [6.45, 7) is 3.49. The molecule has 1 saturated heterocycles. The second-order valence-electron chi connectivity index (χ2n) is 6.06. The first-order valence-corrected chi connectivity index (χ1v) is 8.15. The van der Waals surface area contributed by atoms with E-state index in [1.165, 1.54) is 23.0 Å². The highest BCUT2D eigenvalue weighted by Crippen LogP contribution is 2.23. The highest BCUT2D eigenvalue weighted by molar-refractivity contribution is 5.95. The van der Waals surface area contributed by atoms with Crippen molar-refractivity contribution in [2.24, 2.45) is 5.73 Å². The molecule has 25 heavy (non-hydrogen) atoms. The third-order valence-electron chi connectivity index (χ3n) is 4.22. The van der Waals surface area contributed by atoms with E-state index in [1.807, 2.05) is 0 Å². The maximum atomic E-state index is 13.3. The maximum Gasteiger partial charge on any atom is 0.278 e. The largest absolute Gasteiger partial charge is 0.504 e. The van der Waals surface area contributed by atoms with Gasteiger partial charge in [-0.05, 0) is 43.7 Å². The number of aryl methyl sites for hydroxylation is 1. The molecular weight excluding hydrogens is 327 g/mol. The Balaban J connectivity index is 1.83. The van der Waals surface area contributed by atoms with Gasteiger partial charge < -0.3 is 20.5 Å². The number of morpholine rings is 1. The molecule has 7 nitrogen and oxygen atoms in total. The first-order chi connectivity index (χ1) is 12.0. The molecule has 0 aliphatic carbocycles. The molecule has 134 valence electrons. The second-order valence-corrected chi connectivity index (χ2v) is 6.06. The van der Waals surface area contributed by atoms with Gasteiger partial charge in [-0.15, -0.1) is 0 Å². The van der Waals surface area contributed by atoms with E-state index in [4.69, 9.17) is 10.5 Å². The van der Waals surface area contributed by atoms with Crippen LogP contribution in [0.2, 0.25) is 0 Å². The van der Waals surface area contributed by atoms with Gasteiger partial charge in [0.1, 0.15) is 5.82 Å². The Kier molecular flexibility index (Phi) is 5.00. The third-order valence-corrected chi connectivity index (χ3v) is 4.22. The van der Waals surface area contributed by atoms with E-state index in [-0.39, 0.29) is 29.3 Å². The lowest BCUT2D eigenvalue weighted by Crippen LogP contribution is -2.46. The lowest BCUT2D eigenvalue weighted by atomic mass is 10.2. The summed E-state index contributed by atoms with van der Waals surface area (Å²) in [5.41, 5.74) is 6.76. The third kappa shape index (κ3) is 3.64. The van der Waals surface area contributed by atoms with Crippen LogP contribution < -0.4 is 5.73 Å². The van der Waals surface area contributed by atoms with Gasteiger partial charge in [-0.2, -0.15) is 5.10 Å². The number of carbonyl (C=O) groups excluding carboxylic acids is 1.